The Morgan fingerprint density at radius 1 is 0.941 bits per heavy atom. The molecule has 0 aromatic heterocycles. The maximum atomic E-state index is 13.7. The van der Waals surface area contributed by atoms with E-state index >= 15 is 0 Å². The first-order valence-corrected chi connectivity index (χ1v) is 6.94. The Morgan fingerprint density at radius 3 is 2.12 bits per heavy atom. The lowest BCUT2D eigenvalue weighted by molar-refractivity contribution is 0.611. The Labute approximate surface area is 121 Å². The molecule has 2 rings (SSSR count). The van der Waals surface area contributed by atoms with E-state index in [1.54, 1.807) is 12.1 Å². The maximum Gasteiger partial charge on any atom is 0.129 e. The van der Waals surface area contributed by atoms with Crippen LogP contribution in [0.15, 0.2) is 51.4 Å². The van der Waals surface area contributed by atoms with Crippen LogP contribution in [0, 0.1) is 5.82 Å². The average molecular weight is 378 g/mol. The lowest BCUT2D eigenvalue weighted by Crippen LogP contribution is -1.96. The molecule has 17 heavy (non-hydrogen) atoms. The molecular weight excluding hydrogens is 370 g/mol. The Kier molecular flexibility index (Phi) is 4.23. The summed E-state index contributed by atoms with van der Waals surface area (Å²) in [6.07, 6.45) is 0. The van der Waals surface area contributed by atoms with E-state index < -0.39 is 5.38 Å². The van der Waals surface area contributed by atoms with Gasteiger partial charge in [-0.15, -0.1) is 11.6 Å². The molecule has 0 fully saturated rings. The second-order valence-electron chi connectivity index (χ2n) is 3.58. The van der Waals surface area contributed by atoms with E-state index in [4.69, 9.17) is 11.6 Å². The zero-order valence-corrected chi connectivity index (χ0v) is 12.6. The lowest BCUT2D eigenvalue weighted by atomic mass is 10.0. The van der Waals surface area contributed by atoms with Gasteiger partial charge < -0.3 is 0 Å². The van der Waals surface area contributed by atoms with Crippen LogP contribution in [0.3, 0.4) is 0 Å². The molecule has 2 aromatic carbocycles. The van der Waals surface area contributed by atoms with Crippen molar-refractivity contribution in [3.63, 3.8) is 0 Å². The Morgan fingerprint density at radius 2 is 1.53 bits per heavy atom. The van der Waals surface area contributed by atoms with Crippen LogP contribution in [0.1, 0.15) is 16.5 Å². The Balaban J connectivity index is 2.36. The topological polar surface area (TPSA) is 0 Å². The van der Waals surface area contributed by atoms with Crippen molar-refractivity contribution in [2.75, 3.05) is 0 Å². The fraction of sp³-hybridized carbons (Fsp3) is 0.0769. The molecule has 0 radical (unpaired) electrons. The molecule has 1 unspecified atom stereocenters. The monoisotopic (exact) mass is 376 g/mol. The molecule has 0 spiro atoms. The number of hydrogen-bond donors (Lipinski definition) is 0. The van der Waals surface area contributed by atoms with Gasteiger partial charge in [-0.2, -0.15) is 0 Å². The summed E-state index contributed by atoms with van der Waals surface area (Å²) in [5, 5.41) is -0.476. The predicted octanol–water partition coefficient (Wildman–Crippen LogP) is 5.68. The van der Waals surface area contributed by atoms with Crippen molar-refractivity contribution in [2.24, 2.45) is 0 Å². The van der Waals surface area contributed by atoms with Crippen molar-refractivity contribution >= 4 is 43.5 Å². The van der Waals surface area contributed by atoms with Gasteiger partial charge in [-0.1, -0.05) is 50.1 Å². The fourth-order valence-electron chi connectivity index (χ4n) is 1.52. The average Bonchev–Trinajstić information content (AvgIpc) is 2.29. The van der Waals surface area contributed by atoms with E-state index in [0.29, 0.717) is 10.0 Å². The summed E-state index contributed by atoms with van der Waals surface area (Å²) in [5.74, 6) is -0.303. The molecule has 0 aliphatic carbocycles. The summed E-state index contributed by atoms with van der Waals surface area (Å²) in [5.41, 5.74) is 1.35. The van der Waals surface area contributed by atoms with Gasteiger partial charge in [0.05, 0.1) is 5.38 Å². The molecule has 4 heteroatoms. The molecule has 0 bridgehead atoms. The third-order valence-electron chi connectivity index (χ3n) is 2.40. The second-order valence-corrected chi connectivity index (χ2v) is 5.85. The Hall–Kier alpha value is -0.380. The molecular formula is C13H8Br2ClF. The van der Waals surface area contributed by atoms with Crippen LogP contribution in [-0.2, 0) is 0 Å². The van der Waals surface area contributed by atoms with Crippen molar-refractivity contribution < 1.29 is 4.39 Å². The van der Waals surface area contributed by atoms with E-state index in [2.05, 4.69) is 31.9 Å². The van der Waals surface area contributed by atoms with Gasteiger partial charge in [0.15, 0.2) is 0 Å². The van der Waals surface area contributed by atoms with Crippen molar-refractivity contribution in [1.29, 1.82) is 0 Å². The third kappa shape index (κ3) is 3.09. The first-order chi connectivity index (χ1) is 8.08. The summed E-state index contributed by atoms with van der Waals surface area (Å²) in [6, 6.07) is 12.4. The molecule has 88 valence electrons. The zero-order chi connectivity index (χ0) is 12.4. The van der Waals surface area contributed by atoms with Crippen LogP contribution in [0.25, 0.3) is 0 Å². The van der Waals surface area contributed by atoms with Crippen LogP contribution in [0.2, 0.25) is 0 Å². The van der Waals surface area contributed by atoms with Crippen molar-refractivity contribution in [3.05, 3.63) is 68.4 Å². The van der Waals surface area contributed by atoms with Crippen molar-refractivity contribution in [3.8, 4) is 0 Å². The zero-order valence-electron chi connectivity index (χ0n) is 8.63. The summed E-state index contributed by atoms with van der Waals surface area (Å²) in [7, 11) is 0. The minimum Gasteiger partial charge on any atom is -0.207 e. The van der Waals surface area contributed by atoms with E-state index in [1.807, 2.05) is 24.3 Å². The van der Waals surface area contributed by atoms with Gasteiger partial charge >= 0.3 is 0 Å². The van der Waals surface area contributed by atoms with Gasteiger partial charge in [-0.05, 0) is 29.8 Å². The largest absolute Gasteiger partial charge is 0.207 e. The highest BCUT2D eigenvalue weighted by Crippen LogP contribution is 2.32. The van der Waals surface area contributed by atoms with Gasteiger partial charge in [0, 0.05) is 14.5 Å². The molecule has 0 heterocycles. The highest BCUT2D eigenvalue weighted by Gasteiger charge is 2.15. The molecule has 0 N–H and O–H groups in total. The molecule has 0 saturated carbocycles. The predicted molar refractivity (Wildman–Crippen MR) is 75.9 cm³/mol. The van der Waals surface area contributed by atoms with E-state index in [0.717, 1.165) is 10.0 Å². The minimum atomic E-state index is -0.476. The normalized spacial score (nSPS) is 12.5. The summed E-state index contributed by atoms with van der Waals surface area (Å²) in [4.78, 5) is 0. The number of hydrogen-bond acceptors (Lipinski definition) is 0. The maximum absolute atomic E-state index is 13.7. The highest BCUT2D eigenvalue weighted by atomic mass is 79.9. The first-order valence-electron chi connectivity index (χ1n) is 4.92. The fourth-order valence-corrected chi connectivity index (χ4v) is 2.44. The molecule has 0 amide bonds. The molecule has 0 aliphatic rings. The summed E-state index contributed by atoms with van der Waals surface area (Å²) in [6.45, 7) is 0. The van der Waals surface area contributed by atoms with Crippen LogP contribution in [-0.4, -0.2) is 0 Å². The van der Waals surface area contributed by atoms with Crippen LogP contribution in [0.4, 0.5) is 4.39 Å². The number of rotatable bonds is 2. The summed E-state index contributed by atoms with van der Waals surface area (Å²) < 4.78 is 15.4. The van der Waals surface area contributed by atoms with E-state index in [-0.39, 0.29) is 5.82 Å². The smallest absolute Gasteiger partial charge is 0.129 e. The molecule has 1 atom stereocenters. The number of halogens is 4. The standard InChI is InChI=1S/C13H8Br2ClF/c14-9-3-1-8(2-4-9)13(16)11-6-5-10(15)7-12(11)17/h1-7,13H. The molecule has 0 aliphatic heterocycles. The number of benzene rings is 2. The van der Waals surface area contributed by atoms with Gasteiger partial charge in [-0.25, -0.2) is 4.39 Å². The van der Waals surface area contributed by atoms with Gasteiger partial charge in [0.1, 0.15) is 5.82 Å². The second kappa shape index (κ2) is 5.51. The number of alkyl halides is 1. The van der Waals surface area contributed by atoms with Gasteiger partial charge in [-0.3, -0.25) is 0 Å². The van der Waals surface area contributed by atoms with Crippen molar-refractivity contribution in [2.45, 2.75) is 5.38 Å². The van der Waals surface area contributed by atoms with Crippen LogP contribution < -0.4 is 0 Å². The van der Waals surface area contributed by atoms with E-state index in [1.165, 1.54) is 6.07 Å². The summed E-state index contributed by atoms with van der Waals surface area (Å²) >= 11 is 12.8. The van der Waals surface area contributed by atoms with Crippen LogP contribution >= 0.6 is 43.5 Å². The SMILES string of the molecule is Fc1cc(Br)ccc1C(Cl)c1ccc(Br)cc1. The van der Waals surface area contributed by atoms with Gasteiger partial charge in [0.25, 0.3) is 0 Å². The quantitative estimate of drug-likeness (QED) is 0.590. The third-order valence-corrected chi connectivity index (χ3v) is 3.91. The first kappa shape index (κ1) is 13.1. The van der Waals surface area contributed by atoms with Gasteiger partial charge in [0.2, 0.25) is 0 Å². The lowest BCUT2D eigenvalue weighted by Gasteiger charge is -2.11. The Bertz CT molecular complexity index is 525. The minimum absolute atomic E-state index is 0.303. The highest BCUT2D eigenvalue weighted by molar-refractivity contribution is 9.10. The van der Waals surface area contributed by atoms with Crippen LogP contribution in [0.5, 0.6) is 0 Å². The van der Waals surface area contributed by atoms with E-state index in [9.17, 15) is 4.39 Å². The molecule has 0 nitrogen and oxygen atoms in total. The molecule has 0 saturated heterocycles. The molecule has 2 aromatic rings. The van der Waals surface area contributed by atoms with Crippen molar-refractivity contribution in [1.82, 2.24) is 0 Å².